The van der Waals surface area contributed by atoms with E-state index in [9.17, 15) is 0 Å². The summed E-state index contributed by atoms with van der Waals surface area (Å²) in [5.74, 6) is 0. The van der Waals surface area contributed by atoms with Crippen molar-refractivity contribution in [3.63, 3.8) is 0 Å². The van der Waals surface area contributed by atoms with Gasteiger partial charge in [0.05, 0.1) is 11.4 Å². The normalized spacial score (nSPS) is 11.6. The van der Waals surface area contributed by atoms with E-state index in [-0.39, 0.29) is 0 Å². The van der Waals surface area contributed by atoms with E-state index < -0.39 is 0 Å². The van der Waals surface area contributed by atoms with E-state index in [1.807, 2.05) is 54.6 Å². The highest BCUT2D eigenvalue weighted by atomic mass is 35.5. The standard InChI is InChI=1S/C31H19ClN2O/c32-23-16-17-26-25(19-23)29-24(9-6-10-27(29)35-26)20-12-14-21(15-13-20)30-31(22-7-2-1-3-8-22)34-18-5-4-11-28(34)33-30/h1-19H. The molecule has 7 aromatic rings. The molecule has 0 saturated carbocycles. The summed E-state index contributed by atoms with van der Waals surface area (Å²) in [5, 5.41) is 2.81. The largest absolute Gasteiger partial charge is 0.456 e. The first kappa shape index (κ1) is 20.1. The van der Waals surface area contributed by atoms with Crippen LogP contribution in [0.5, 0.6) is 0 Å². The van der Waals surface area contributed by atoms with Crippen LogP contribution in [0.15, 0.2) is 120 Å². The lowest BCUT2D eigenvalue weighted by atomic mass is 9.97. The van der Waals surface area contributed by atoms with Gasteiger partial charge >= 0.3 is 0 Å². The molecular formula is C31H19ClN2O. The summed E-state index contributed by atoms with van der Waals surface area (Å²) >= 11 is 6.31. The van der Waals surface area contributed by atoms with Crippen molar-refractivity contribution in [1.82, 2.24) is 9.38 Å². The number of halogens is 1. The lowest BCUT2D eigenvalue weighted by molar-refractivity contribution is 0.669. The van der Waals surface area contributed by atoms with Crippen LogP contribution in [0.25, 0.3) is 61.2 Å². The number of nitrogens with zero attached hydrogens (tertiary/aromatic N) is 2. The van der Waals surface area contributed by atoms with E-state index >= 15 is 0 Å². The van der Waals surface area contributed by atoms with Crippen LogP contribution in [-0.4, -0.2) is 9.38 Å². The summed E-state index contributed by atoms with van der Waals surface area (Å²) in [6.07, 6.45) is 2.07. The summed E-state index contributed by atoms with van der Waals surface area (Å²) in [7, 11) is 0. The first-order valence-electron chi connectivity index (χ1n) is 11.5. The van der Waals surface area contributed by atoms with Gasteiger partial charge in [-0.3, -0.25) is 4.40 Å². The molecule has 4 heteroatoms. The molecule has 0 atom stereocenters. The van der Waals surface area contributed by atoms with E-state index in [4.69, 9.17) is 21.0 Å². The Bertz CT molecular complexity index is 1850. The van der Waals surface area contributed by atoms with E-state index in [1.165, 1.54) is 0 Å². The molecule has 0 fully saturated rings. The molecule has 35 heavy (non-hydrogen) atoms. The molecule has 0 aliphatic heterocycles. The topological polar surface area (TPSA) is 30.4 Å². The van der Waals surface area contributed by atoms with Crippen LogP contribution in [0.4, 0.5) is 0 Å². The summed E-state index contributed by atoms with van der Waals surface area (Å²) in [6.45, 7) is 0. The maximum Gasteiger partial charge on any atom is 0.137 e. The predicted molar refractivity (Wildman–Crippen MR) is 144 cm³/mol. The molecule has 0 bridgehead atoms. The minimum atomic E-state index is 0.700. The lowest BCUT2D eigenvalue weighted by Crippen LogP contribution is -1.89. The fourth-order valence-corrected chi connectivity index (χ4v) is 5.09. The third-order valence-corrected chi connectivity index (χ3v) is 6.74. The molecule has 0 radical (unpaired) electrons. The van der Waals surface area contributed by atoms with E-state index in [2.05, 4.69) is 65.2 Å². The second-order valence-corrected chi connectivity index (χ2v) is 9.04. The molecule has 3 heterocycles. The van der Waals surface area contributed by atoms with Gasteiger partial charge in [-0.15, -0.1) is 0 Å². The molecule has 3 aromatic heterocycles. The fourth-order valence-electron chi connectivity index (χ4n) is 4.92. The van der Waals surface area contributed by atoms with Crippen LogP contribution in [0.2, 0.25) is 5.02 Å². The summed E-state index contributed by atoms with van der Waals surface area (Å²) < 4.78 is 8.24. The smallest absolute Gasteiger partial charge is 0.137 e. The highest BCUT2D eigenvalue weighted by Gasteiger charge is 2.17. The molecule has 4 aromatic carbocycles. The van der Waals surface area contributed by atoms with Crippen molar-refractivity contribution in [2.75, 3.05) is 0 Å². The van der Waals surface area contributed by atoms with E-state index in [0.29, 0.717) is 5.02 Å². The third-order valence-electron chi connectivity index (χ3n) is 6.50. The Morgan fingerprint density at radius 3 is 2.31 bits per heavy atom. The van der Waals surface area contributed by atoms with Crippen LogP contribution in [0, 0.1) is 0 Å². The number of aromatic nitrogens is 2. The molecular weight excluding hydrogens is 452 g/mol. The third kappa shape index (κ3) is 3.24. The number of hydrogen-bond donors (Lipinski definition) is 0. The van der Waals surface area contributed by atoms with Crippen LogP contribution in [0.3, 0.4) is 0 Å². The zero-order chi connectivity index (χ0) is 23.4. The molecule has 3 nitrogen and oxygen atoms in total. The quantitative estimate of drug-likeness (QED) is 0.258. The van der Waals surface area contributed by atoms with Crippen molar-refractivity contribution in [3.05, 3.63) is 120 Å². The van der Waals surface area contributed by atoms with Gasteiger partial charge in [-0.05, 0) is 47.5 Å². The van der Waals surface area contributed by atoms with E-state index in [1.54, 1.807) is 0 Å². The molecule has 7 rings (SSSR count). The lowest BCUT2D eigenvalue weighted by Gasteiger charge is -2.08. The van der Waals surface area contributed by atoms with Crippen molar-refractivity contribution in [2.24, 2.45) is 0 Å². The van der Waals surface area contributed by atoms with E-state index in [0.717, 1.165) is 61.2 Å². The zero-order valence-corrected chi connectivity index (χ0v) is 19.4. The van der Waals surface area contributed by atoms with Crippen molar-refractivity contribution in [2.45, 2.75) is 0 Å². The fraction of sp³-hybridized carbons (Fsp3) is 0. The summed E-state index contributed by atoms with van der Waals surface area (Å²) in [5.41, 5.74) is 9.12. The minimum Gasteiger partial charge on any atom is -0.456 e. The van der Waals surface area contributed by atoms with Gasteiger partial charge < -0.3 is 4.42 Å². The number of furan rings is 1. The molecule has 0 amide bonds. The van der Waals surface area contributed by atoms with Gasteiger partial charge in [-0.1, -0.05) is 84.4 Å². The first-order valence-corrected chi connectivity index (χ1v) is 11.9. The Morgan fingerprint density at radius 2 is 1.46 bits per heavy atom. The van der Waals surface area contributed by atoms with Gasteiger partial charge in [0, 0.05) is 33.1 Å². The Balaban J connectivity index is 1.40. The number of benzene rings is 4. The number of hydrogen-bond acceptors (Lipinski definition) is 2. The Labute approximate surface area is 206 Å². The summed E-state index contributed by atoms with van der Waals surface area (Å²) in [6, 6.07) is 37.1. The second-order valence-electron chi connectivity index (χ2n) is 8.60. The average Bonchev–Trinajstić information content (AvgIpc) is 3.48. The van der Waals surface area contributed by atoms with Gasteiger partial charge in [0.1, 0.15) is 16.8 Å². The number of fused-ring (bicyclic) bond motifs is 4. The average molecular weight is 471 g/mol. The van der Waals surface area contributed by atoms with Gasteiger partial charge in [0.15, 0.2) is 0 Å². The van der Waals surface area contributed by atoms with Crippen LogP contribution < -0.4 is 0 Å². The maximum atomic E-state index is 6.31. The SMILES string of the molecule is Clc1ccc2oc3cccc(-c4ccc(-c5nc6ccccn6c5-c5ccccc5)cc4)c3c2c1. The van der Waals surface area contributed by atoms with Crippen molar-refractivity contribution >= 4 is 39.2 Å². The highest BCUT2D eigenvalue weighted by Crippen LogP contribution is 2.39. The molecule has 0 aliphatic rings. The van der Waals surface area contributed by atoms with Gasteiger partial charge in [-0.2, -0.15) is 0 Å². The second kappa shape index (κ2) is 7.86. The van der Waals surface area contributed by atoms with Crippen LogP contribution in [0.1, 0.15) is 0 Å². The molecule has 0 unspecified atom stereocenters. The van der Waals surface area contributed by atoms with Crippen molar-refractivity contribution in [1.29, 1.82) is 0 Å². The van der Waals surface area contributed by atoms with Crippen LogP contribution >= 0.6 is 11.6 Å². The molecule has 0 aliphatic carbocycles. The molecule has 0 saturated heterocycles. The Kier molecular flexibility index (Phi) is 4.51. The van der Waals surface area contributed by atoms with Crippen LogP contribution in [-0.2, 0) is 0 Å². The number of rotatable bonds is 3. The van der Waals surface area contributed by atoms with Crippen molar-refractivity contribution in [3.8, 4) is 33.6 Å². The number of imidazole rings is 1. The van der Waals surface area contributed by atoms with Crippen molar-refractivity contribution < 1.29 is 4.42 Å². The molecule has 166 valence electrons. The van der Waals surface area contributed by atoms with Gasteiger partial charge in [-0.25, -0.2) is 4.98 Å². The van der Waals surface area contributed by atoms with Gasteiger partial charge in [0.25, 0.3) is 0 Å². The highest BCUT2D eigenvalue weighted by molar-refractivity contribution is 6.32. The monoisotopic (exact) mass is 470 g/mol. The molecule has 0 N–H and O–H groups in total. The maximum absolute atomic E-state index is 6.31. The van der Waals surface area contributed by atoms with Gasteiger partial charge in [0.2, 0.25) is 0 Å². The first-order chi connectivity index (χ1) is 17.3. The number of pyridine rings is 1. The predicted octanol–water partition coefficient (Wildman–Crippen LogP) is 8.89. The minimum absolute atomic E-state index is 0.700. The summed E-state index contributed by atoms with van der Waals surface area (Å²) in [4.78, 5) is 4.99. The zero-order valence-electron chi connectivity index (χ0n) is 18.7. The molecule has 0 spiro atoms. The Hall–Kier alpha value is -4.34. The Morgan fingerprint density at radius 1 is 0.657 bits per heavy atom.